The summed E-state index contributed by atoms with van der Waals surface area (Å²) in [6, 6.07) is 14.8. The summed E-state index contributed by atoms with van der Waals surface area (Å²) >= 11 is 11.8. The van der Waals surface area contributed by atoms with E-state index in [-0.39, 0.29) is 24.0 Å². The number of ether oxygens (including phenoxy) is 1. The number of halogens is 3. The monoisotopic (exact) mass is 465 g/mol. The molecule has 23 heavy (non-hydrogen) atoms. The van der Waals surface area contributed by atoms with Crippen LogP contribution in [0.3, 0.4) is 0 Å². The molecule has 2 aromatic rings. The number of nitrogens with two attached hydrogens (primary N) is 1. The molecule has 4 nitrogen and oxygen atoms in total. The van der Waals surface area contributed by atoms with Crippen LogP contribution >= 0.6 is 47.2 Å². The Hall–Kier alpha value is -1.18. The van der Waals surface area contributed by atoms with Gasteiger partial charge in [-0.2, -0.15) is 0 Å². The summed E-state index contributed by atoms with van der Waals surface area (Å²) in [6.45, 7) is 1.07. The van der Waals surface area contributed by atoms with Gasteiger partial charge in [-0.05, 0) is 30.3 Å². The highest BCUT2D eigenvalue weighted by atomic mass is 127. The number of nitrogens with one attached hydrogen (secondary N) is 1. The Labute approximate surface area is 163 Å². The van der Waals surface area contributed by atoms with Crippen LogP contribution < -0.4 is 15.8 Å². The van der Waals surface area contributed by atoms with Crippen LogP contribution in [-0.2, 0) is 0 Å². The predicted octanol–water partition coefficient (Wildman–Crippen LogP) is 4.81. The van der Waals surface area contributed by atoms with E-state index in [9.17, 15) is 0 Å². The lowest BCUT2D eigenvalue weighted by atomic mass is 10.3. The van der Waals surface area contributed by atoms with Crippen LogP contribution in [0.15, 0.2) is 53.5 Å². The standard InChI is InChI=1S/C16H17Cl2N3O.HI/c17-12-7-8-15(14(18)11-12)22-10-4-9-20-16(19)21-13-5-2-1-3-6-13;/h1-3,5-8,11H,4,9-10H2,(H3,19,20,21);1H. The average Bonchev–Trinajstić information content (AvgIpc) is 2.50. The molecule has 0 radical (unpaired) electrons. The highest BCUT2D eigenvalue weighted by Crippen LogP contribution is 2.27. The van der Waals surface area contributed by atoms with Crippen LogP contribution in [0.25, 0.3) is 0 Å². The molecular formula is C16H18Cl2IN3O. The van der Waals surface area contributed by atoms with Crippen LogP contribution in [0.5, 0.6) is 5.75 Å². The third-order valence-electron chi connectivity index (χ3n) is 2.78. The summed E-state index contributed by atoms with van der Waals surface area (Å²) < 4.78 is 5.57. The minimum absolute atomic E-state index is 0. The molecule has 0 spiro atoms. The molecule has 0 bridgehead atoms. The lowest BCUT2D eigenvalue weighted by Gasteiger charge is -2.08. The third kappa shape index (κ3) is 7.28. The van der Waals surface area contributed by atoms with Crippen LogP contribution in [0.1, 0.15) is 6.42 Å². The molecule has 0 heterocycles. The van der Waals surface area contributed by atoms with Crippen molar-refractivity contribution in [1.29, 1.82) is 0 Å². The smallest absolute Gasteiger partial charge is 0.193 e. The van der Waals surface area contributed by atoms with E-state index in [1.165, 1.54) is 0 Å². The van der Waals surface area contributed by atoms with Crippen LogP contribution in [-0.4, -0.2) is 19.1 Å². The molecular weight excluding hydrogens is 448 g/mol. The van der Waals surface area contributed by atoms with Gasteiger partial charge in [-0.3, -0.25) is 4.99 Å². The Balaban J connectivity index is 0.00000264. The molecule has 0 aliphatic carbocycles. The molecule has 2 aromatic carbocycles. The van der Waals surface area contributed by atoms with Gasteiger partial charge in [0.15, 0.2) is 5.96 Å². The molecule has 0 atom stereocenters. The topological polar surface area (TPSA) is 59.6 Å². The Morgan fingerprint density at radius 3 is 2.57 bits per heavy atom. The van der Waals surface area contributed by atoms with Crippen molar-refractivity contribution >= 4 is 58.8 Å². The number of rotatable bonds is 6. The van der Waals surface area contributed by atoms with Crippen molar-refractivity contribution in [2.24, 2.45) is 10.7 Å². The zero-order valence-corrected chi connectivity index (χ0v) is 16.2. The van der Waals surface area contributed by atoms with E-state index in [1.807, 2.05) is 30.3 Å². The van der Waals surface area contributed by atoms with Crippen molar-refractivity contribution < 1.29 is 4.74 Å². The van der Waals surface area contributed by atoms with E-state index >= 15 is 0 Å². The van der Waals surface area contributed by atoms with Crippen molar-refractivity contribution in [2.45, 2.75) is 6.42 Å². The average molecular weight is 466 g/mol. The predicted molar refractivity (Wildman–Crippen MR) is 109 cm³/mol. The van der Waals surface area contributed by atoms with E-state index in [4.69, 9.17) is 33.7 Å². The number of guanidine groups is 1. The lowest BCUT2D eigenvalue weighted by molar-refractivity contribution is 0.314. The van der Waals surface area contributed by atoms with Gasteiger partial charge in [0.2, 0.25) is 0 Å². The maximum atomic E-state index is 6.02. The highest BCUT2D eigenvalue weighted by molar-refractivity contribution is 14.0. The number of aliphatic imine (C=N–C) groups is 1. The molecule has 0 saturated carbocycles. The van der Waals surface area contributed by atoms with Gasteiger partial charge in [-0.1, -0.05) is 41.4 Å². The quantitative estimate of drug-likeness (QED) is 0.278. The fourth-order valence-corrected chi connectivity index (χ4v) is 2.21. The molecule has 0 unspecified atom stereocenters. The molecule has 0 fully saturated rings. The van der Waals surface area contributed by atoms with E-state index in [0.29, 0.717) is 34.9 Å². The summed E-state index contributed by atoms with van der Waals surface area (Å²) in [5.41, 5.74) is 6.71. The second kappa shape index (κ2) is 10.6. The number of nitrogens with zero attached hydrogens (tertiary/aromatic N) is 1. The largest absolute Gasteiger partial charge is 0.492 e. The molecule has 0 aliphatic heterocycles. The molecule has 2 rings (SSSR count). The molecule has 0 saturated heterocycles. The summed E-state index contributed by atoms with van der Waals surface area (Å²) in [5.74, 6) is 1.00. The maximum Gasteiger partial charge on any atom is 0.193 e. The second-order valence-corrected chi connectivity index (χ2v) is 5.38. The molecule has 124 valence electrons. The summed E-state index contributed by atoms with van der Waals surface area (Å²) in [4.78, 5) is 4.24. The van der Waals surface area contributed by atoms with E-state index in [0.717, 1.165) is 12.1 Å². The zero-order chi connectivity index (χ0) is 15.8. The van der Waals surface area contributed by atoms with Gasteiger partial charge in [-0.15, -0.1) is 24.0 Å². The maximum absolute atomic E-state index is 6.02. The number of benzene rings is 2. The first-order valence-electron chi connectivity index (χ1n) is 6.85. The molecule has 0 amide bonds. The van der Waals surface area contributed by atoms with Crippen molar-refractivity contribution in [2.75, 3.05) is 18.5 Å². The van der Waals surface area contributed by atoms with Gasteiger partial charge in [-0.25, -0.2) is 0 Å². The fraction of sp³-hybridized carbons (Fsp3) is 0.188. The van der Waals surface area contributed by atoms with Gasteiger partial charge < -0.3 is 15.8 Å². The Morgan fingerprint density at radius 2 is 1.87 bits per heavy atom. The minimum Gasteiger partial charge on any atom is -0.492 e. The summed E-state index contributed by atoms with van der Waals surface area (Å²) in [5, 5.41) is 4.10. The first-order valence-corrected chi connectivity index (χ1v) is 7.60. The SMILES string of the molecule is I.NC(=NCCCOc1ccc(Cl)cc1Cl)Nc1ccccc1. The van der Waals surface area contributed by atoms with E-state index in [2.05, 4.69) is 10.3 Å². The van der Waals surface area contributed by atoms with Crippen molar-refractivity contribution in [3.05, 3.63) is 58.6 Å². The Kier molecular flexibility index (Phi) is 9.13. The van der Waals surface area contributed by atoms with Gasteiger partial charge in [0.25, 0.3) is 0 Å². The van der Waals surface area contributed by atoms with Crippen LogP contribution in [0.2, 0.25) is 10.0 Å². The van der Waals surface area contributed by atoms with E-state index in [1.54, 1.807) is 18.2 Å². The first-order chi connectivity index (χ1) is 10.6. The fourth-order valence-electron chi connectivity index (χ4n) is 1.75. The van der Waals surface area contributed by atoms with Gasteiger partial charge >= 0.3 is 0 Å². The van der Waals surface area contributed by atoms with Gasteiger partial charge in [0, 0.05) is 23.7 Å². The number of para-hydroxylation sites is 1. The summed E-state index contributed by atoms with van der Waals surface area (Å²) in [6.07, 6.45) is 0.732. The van der Waals surface area contributed by atoms with Crippen molar-refractivity contribution in [3.63, 3.8) is 0 Å². The Morgan fingerprint density at radius 1 is 1.13 bits per heavy atom. The minimum atomic E-state index is 0. The summed E-state index contributed by atoms with van der Waals surface area (Å²) in [7, 11) is 0. The van der Waals surface area contributed by atoms with Crippen LogP contribution in [0.4, 0.5) is 5.69 Å². The molecule has 0 aliphatic rings. The second-order valence-electron chi connectivity index (χ2n) is 4.53. The molecule has 0 aromatic heterocycles. The Bertz CT molecular complexity index is 638. The van der Waals surface area contributed by atoms with Crippen molar-refractivity contribution in [1.82, 2.24) is 0 Å². The van der Waals surface area contributed by atoms with Crippen molar-refractivity contribution in [3.8, 4) is 5.75 Å². The normalized spacial score (nSPS) is 10.8. The number of hydrogen-bond acceptors (Lipinski definition) is 2. The van der Waals surface area contributed by atoms with E-state index < -0.39 is 0 Å². The third-order valence-corrected chi connectivity index (χ3v) is 3.31. The first kappa shape index (κ1) is 19.9. The van der Waals surface area contributed by atoms with Gasteiger partial charge in [0.1, 0.15) is 5.75 Å². The number of hydrogen-bond donors (Lipinski definition) is 2. The highest BCUT2D eigenvalue weighted by Gasteiger charge is 2.01. The molecule has 3 N–H and O–H groups in total. The number of anilines is 1. The zero-order valence-electron chi connectivity index (χ0n) is 12.3. The van der Waals surface area contributed by atoms with Crippen LogP contribution in [0, 0.1) is 0 Å². The molecule has 7 heteroatoms. The van der Waals surface area contributed by atoms with Gasteiger partial charge in [0.05, 0.1) is 11.6 Å². The lowest BCUT2D eigenvalue weighted by Crippen LogP contribution is -2.23.